The Kier molecular flexibility index (Phi) is 4.36. The number of rotatable bonds is 5. The van der Waals surface area contributed by atoms with Gasteiger partial charge in [0.2, 0.25) is 0 Å². The van der Waals surface area contributed by atoms with Gasteiger partial charge in [0, 0.05) is 5.75 Å². The van der Waals surface area contributed by atoms with Gasteiger partial charge in [0.25, 0.3) is 0 Å². The van der Waals surface area contributed by atoms with Crippen molar-refractivity contribution >= 4 is 23.7 Å². The minimum absolute atomic E-state index is 0.0517. The van der Waals surface area contributed by atoms with Crippen LogP contribution in [0.25, 0.3) is 0 Å². The molecule has 17 heavy (non-hydrogen) atoms. The number of carbonyl (C=O) groups is 2. The van der Waals surface area contributed by atoms with Gasteiger partial charge in [0.1, 0.15) is 0 Å². The molecule has 1 aliphatic carbocycles. The topological polar surface area (TPSA) is 94.8 Å². The molecule has 1 rings (SSSR count). The molecule has 0 saturated carbocycles. The minimum Gasteiger partial charge on any atom is -0.481 e. The third-order valence-electron chi connectivity index (χ3n) is 2.63. The van der Waals surface area contributed by atoms with E-state index in [1.807, 2.05) is 0 Å². The van der Waals surface area contributed by atoms with E-state index < -0.39 is 22.6 Å². The summed E-state index contributed by atoms with van der Waals surface area (Å²) in [5, 5.41) is 26.3. The molecule has 6 heteroatoms. The first kappa shape index (κ1) is 13.8. The summed E-state index contributed by atoms with van der Waals surface area (Å²) < 4.78 is 0. The van der Waals surface area contributed by atoms with Gasteiger partial charge in [-0.05, 0) is 6.92 Å². The second-order valence-electron chi connectivity index (χ2n) is 3.85. The van der Waals surface area contributed by atoms with Crippen molar-refractivity contribution in [2.24, 2.45) is 5.41 Å². The van der Waals surface area contributed by atoms with Gasteiger partial charge in [-0.3, -0.25) is 4.79 Å². The first-order valence-corrected chi connectivity index (χ1v) is 6.07. The number of allylic oxidation sites excluding steroid dienone is 2. The molecule has 3 N–H and O–H groups in total. The van der Waals surface area contributed by atoms with Crippen molar-refractivity contribution in [1.29, 1.82) is 0 Å². The summed E-state index contributed by atoms with van der Waals surface area (Å²) in [6, 6.07) is 0. The molecule has 0 amide bonds. The summed E-state index contributed by atoms with van der Waals surface area (Å²) in [6.45, 7) is 1.37. The average molecular weight is 258 g/mol. The van der Waals surface area contributed by atoms with Gasteiger partial charge in [-0.25, -0.2) is 4.79 Å². The largest absolute Gasteiger partial charge is 0.481 e. The summed E-state index contributed by atoms with van der Waals surface area (Å²) in [7, 11) is 0. The third-order valence-corrected chi connectivity index (χ3v) is 4.12. The lowest BCUT2D eigenvalue weighted by Gasteiger charge is -2.33. The maximum absolute atomic E-state index is 11.3. The van der Waals surface area contributed by atoms with Crippen LogP contribution in [0, 0.1) is 5.41 Å². The fraction of sp³-hybridized carbons (Fsp3) is 0.455. The molecule has 94 valence electrons. The molecule has 1 aliphatic rings. The highest BCUT2D eigenvalue weighted by Gasteiger charge is 2.44. The van der Waals surface area contributed by atoms with E-state index in [1.165, 1.54) is 25.2 Å². The number of aliphatic carboxylic acids is 2. The average Bonchev–Trinajstić information content (AvgIpc) is 2.26. The highest BCUT2D eigenvalue weighted by Crippen LogP contribution is 2.40. The Morgan fingerprint density at radius 1 is 1.47 bits per heavy atom. The lowest BCUT2D eigenvalue weighted by atomic mass is 9.79. The van der Waals surface area contributed by atoms with Crippen LogP contribution in [-0.4, -0.2) is 44.9 Å². The molecule has 0 aromatic heterocycles. The van der Waals surface area contributed by atoms with Crippen molar-refractivity contribution in [3.05, 3.63) is 23.8 Å². The van der Waals surface area contributed by atoms with Gasteiger partial charge in [0.15, 0.2) is 0 Å². The highest BCUT2D eigenvalue weighted by atomic mass is 32.2. The summed E-state index contributed by atoms with van der Waals surface area (Å²) in [5.74, 6) is -1.90. The molecule has 0 spiro atoms. The van der Waals surface area contributed by atoms with E-state index in [0.29, 0.717) is 5.75 Å². The molecular formula is C11H14O5S. The lowest BCUT2D eigenvalue weighted by Crippen LogP contribution is -2.41. The Bertz CT molecular complexity index is 387. The molecule has 0 aliphatic heterocycles. The van der Waals surface area contributed by atoms with Crippen LogP contribution in [0.4, 0.5) is 0 Å². The molecule has 0 aromatic rings. The highest BCUT2D eigenvalue weighted by molar-refractivity contribution is 8.00. The van der Waals surface area contributed by atoms with Gasteiger partial charge in [0.05, 0.1) is 22.8 Å². The molecule has 2 unspecified atom stereocenters. The van der Waals surface area contributed by atoms with Crippen LogP contribution in [0.2, 0.25) is 0 Å². The molecule has 0 bridgehead atoms. The van der Waals surface area contributed by atoms with Crippen LogP contribution in [0.15, 0.2) is 23.8 Å². The van der Waals surface area contributed by atoms with Crippen molar-refractivity contribution in [3.8, 4) is 0 Å². The number of hydrogen-bond donors (Lipinski definition) is 3. The van der Waals surface area contributed by atoms with Crippen molar-refractivity contribution in [2.75, 3.05) is 12.4 Å². The van der Waals surface area contributed by atoms with Gasteiger partial charge >= 0.3 is 11.9 Å². The minimum atomic E-state index is -1.26. The predicted octanol–water partition coefficient (Wildman–Crippen LogP) is 0.752. The van der Waals surface area contributed by atoms with E-state index in [9.17, 15) is 14.7 Å². The van der Waals surface area contributed by atoms with Gasteiger partial charge in [-0.15, -0.1) is 11.8 Å². The number of aliphatic hydroxyl groups is 1. The molecule has 2 atom stereocenters. The number of aliphatic hydroxyl groups excluding tert-OH is 1. The number of carboxylic acid groups (broad SMARTS) is 2. The Hall–Kier alpha value is -1.27. The SMILES string of the molecule is CC1(C(=O)O)C=CC=C(C(=O)O)C1SCCO. The van der Waals surface area contributed by atoms with E-state index in [0.717, 1.165) is 11.8 Å². The first-order chi connectivity index (χ1) is 7.93. The standard InChI is InChI=1S/C11H14O5S/c1-11(10(15)16)4-2-3-7(9(13)14)8(11)17-6-5-12/h2-4,8,12H,5-6H2,1H3,(H,13,14)(H,15,16). The van der Waals surface area contributed by atoms with Crippen LogP contribution < -0.4 is 0 Å². The van der Waals surface area contributed by atoms with E-state index in [1.54, 1.807) is 0 Å². The summed E-state index contributed by atoms with van der Waals surface area (Å²) in [5.41, 5.74) is -1.21. The third kappa shape index (κ3) is 2.70. The molecule has 0 saturated heterocycles. The molecule has 5 nitrogen and oxygen atoms in total. The van der Waals surface area contributed by atoms with Gasteiger partial charge in [-0.1, -0.05) is 18.2 Å². The summed E-state index contributed by atoms with van der Waals surface area (Å²) in [4.78, 5) is 22.3. The Morgan fingerprint density at radius 2 is 2.12 bits per heavy atom. The fourth-order valence-electron chi connectivity index (χ4n) is 1.65. The second kappa shape index (κ2) is 5.37. The van der Waals surface area contributed by atoms with Crippen LogP contribution >= 0.6 is 11.8 Å². The van der Waals surface area contributed by atoms with Gasteiger partial charge < -0.3 is 15.3 Å². The van der Waals surface area contributed by atoms with Crippen molar-refractivity contribution < 1.29 is 24.9 Å². The maximum Gasteiger partial charge on any atom is 0.332 e. The van der Waals surface area contributed by atoms with Crippen LogP contribution in [0.1, 0.15) is 6.92 Å². The van der Waals surface area contributed by atoms with E-state index >= 15 is 0 Å². The summed E-state index contributed by atoms with van der Waals surface area (Å²) >= 11 is 1.14. The summed E-state index contributed by atoms with van der Waals surface area (Å²) in [6.07, 6.45) is 4.34. The molecular weight excluding hydrogens is 244 g/mol. The van der Waals surface area contributed by atoms with Crippen LogP contribution in [0.5, 0.6) is 0 Å². The molecule has 0 heterocycles. The first-order valence-electron chi connectivity index (χ1n) is 5.02. The van der Waals surface area contributed by atoms with E-state index in [-0.39, 0.29) is 12.2 Å². The number of thioether (sulfide) groups is 1. The zero-order chi connectivity index (χ0) is 13.1. The molecule has 0 aromatic carbocycles. The zero-order valence-electron chi connectivity index (χ0n) is 9.29. The zero-order valence-corrected chi connectivity index (χ0v) is 10.1. The number of carboxylic acids is 2. The number of hydrogen-bond acceptors (Lipinski definition) is 4. The Balaban J connectivity index is 3.08. The monoisotopic (exact) mass is 258 g/mol. The van der Waals surface area contributed by atoms with Crippen molar-refractivity contribution in [2.45, 2.75) is 12.2 Å². The lowest BCUT2D eigenvalue weighted by molar-refractivity contribution is -0.145. The van der Waals surface area contributed by atoms with E-state index in [4.69, 9.17) is 10.2 Å². The quantitative estimate of drug-likeness (QED) is 0.673. The second-order valence-corrected chi connectivity index (χ2v) is 5.06. The van der Waals surface area contributed by atoms with Gasteiger partial charge in [-0.2, -0.15) is 0 Å². The Labute approximate surface area is 103 Å². The van der Waals surface area contributed by atoms with Crippen molar-refractivity contribution in [3.63, 3.8) is 0 Å². The van der Waals surface area contributed by atoms with Crippen LogP contribution in [-0.2, 0) is 9.59 Å². The van der Waals surface area contributed by atoms with E-state index in [2.05, 4.69) is 0 Å². The Morgan fingerprint density at radius 3 is 2.59 bits per heavy atom. The van der Waals surface area contributed by atoms with Crippen molar-refractivity contribution in [1.82, 2.24) is 0 Å². The molecule has 0 fully saturated rings. The normalized spacial score (nSPS) is 27.6. The smallest absolute Gasteiger partial charge is 0.332 e. The van der Waals surface area contributed by atoms with Crippen LogP contribution in [0.3, 0.4) is 0 Å². The maximum atomic E-state index is 11.3. The predicted molar refractivity (Wildman–Crippen MR) is 63.9 cm³/mol. The molecule has 0 radical (unpaired) electrons. The fourth-order valence-corrected chi connectivity index (χ4v) is 2.88.